The Hall–Kier alpha value is -2.17. The van der Waals surface area contributed by atoms with Crippen molar-refractivity contribution in [3.8, 4) is 0 Å². The van der Waals surface area contributed by atoms with Gasteiger partial charge in [-0.2, -0.15) is 0 Å². The molecule has 0 spiro atoms. The third-order valence-electron chi connectivity index (χ3n) is 4.77. The summed E-state index contributed by atoms with van der Waals surface area (Å²) in [5, 5.41) is 0. The van der Waals surface area contributed by atoms with Crippen molar-refractivity contribution < 1.29 is 4.79 Å². The maximum Gasteiger partial charge on any atom is 0.255 e. The first kappa shape index (κ1) is 16.7. The Kier molecular flexibility index (Phi) is 5.28. The summed E-state index contributed by atoms with van der Waals surface area (Å²) in [5.74, 6) is 1.74. The number of carbonyl (C=O) groups excluding carboxylic acids is 1. The summed E-state index contributed by atoms with van der Waals surface area (Å²) in [6, 6.07) is 3.66. The van der Waals surface area contributed by atoms with Crippen LogP contribution in [0.15, 0.2) is 30.7 Å². The number of nitrogens with zero attached hydrogens (tertiary/aromatic N) is 4. The molecule has 0 bridgehead atoms. The van der Waals surface area contributed by atoms with Gasteiger partial charge >= 0.3 is 0 Å². The maximum atomic E-state index is 12.6. The van der Waals surface area contributed by atoms with Gasteiger partial charge in [-0.05, 0) is 44.2 Å². The van der Waals surface area contributed by atoms with Crippen LogP contribution in [0.25, 0.3) is 0 Å². The number of amides is 1. The molecule has 0 saturated carbocycles. The van der Waals surface area contributed by atoms with Gasteiger partial charge in [-0.15, -0.1) is 0 Å². The molecule has 0 radical (unpaired) electrons. The van der Waals surface area contributed by atoms with Crippen LogP contribution in [0.3, 0.4) is 0 Å². The van der Waals surface area contributed by atoms with Gasteiger partial charge in [0.05, 0.1) is 5.56 Å². The molecule has 128 valence electrons. The second-order valence-electron chi connectivity index (χ2n) is 6.67. The van der Waals surface area contributed by atoms with Gasteiger partial charge in [0.1, 0.15) is 5.82 Å². The molecule has 1 atom stereocenters. The molecule has 5 heteroatoms. The standard InChI is InChI=1S/C19H26N4O/c1-3-9-23-15(2)12-21-18(23)11-16-6-5-10-22(14-16)19(24)17-7-4-8-20-13-17/h4,7-8,12-13,16H,3,5-6,9-11,14H2,1-2H3. The van der Waals surface area contributed by atoms with E-state index in [1.54, 1.807) is 12.4 Å². The summed E-state index contributed by atoms with van der Waals surface area (Å²) in [6.45, 7) is 6.98. The van der Waals surface area contributed by atoms with Crippen LogP contribution >= 0.6 is 0 Å². The van der Waals surface area contributed by atoms with E-state index in [9.17, 15) is 4.79 Å². The summed E-state index contributed by atoms with van der Waals surface area (Å²) in [4.78, 5) is 23.3. The van der Waals surface area contributed by atoms with Crippen LogP contribution in [0.2, 0.25) is 0 Å². The number of rotatable bonds is 5. The van der Waals surface area contributed by atoms with Crippen molar-refractivity contribution in [2.75, 3.05) is 13.1 Å². The first-order valence-corrected chi connectivity index (χ1v) is 8.89. The van der Waals surface area contributed by atoms with Crippen LogP contribution in [-0.2, 0) is 13.0 Å². The van der Waals surface area contributed by atoms with Crippen LogP contribution in [0.5, 0.6) is 0 Å². The van der Waals surface area contributed by atoms with Crippen molar-refractivity contribution in [3.05, 3.63) is 47.8 Å². The van der Waals surface area contributed by atoms with Crippen molar-refractivity contribution >= 4 is 5.91 Å². The largest absolute Gasteiger partial charge is 0.338 e. The van der Waals surface area contributed by atoms with Crippen molar-refractivity contribution in [2.24, 2.45) is 5.92 Å². The Morgan fingerprint density at radius 2 is 2.25 bits per heavy atom. The molecule has 2 aromatic heterocycles. The van der Waals surface area contributed by atoms with Crippen molar-refractivity contribution in [3.63, 3.8) is 0 Å². The fourth-order valence-corrected chi connectivity index (χ4v) is 3.55. The molecule has 1 fully saturated rings. The fraction of sp³-hybridized carbons (Fsp3) is 0.526. The number of carbonyl (C=O) groups is 1. The Labute approximate surface area is 143 Å². The zero-order valence-electron chi connectivity index (χ0n) is 14.6. The highest BCUT2D eigenvalue weighted by molar-refractivity contribution is 5.93. The highest BCUT2D eigenvalue weighted by Crippen LogP contribution is 2.22. The number of hydrogen-bond acceptors (Lipinski definition) is 3. The average molecular weight is 326 g/mol. The molecule has 24 heavy (non-hydrogen) atoms. The lowest BCUT2D eigenvalue weighted by Gasteiger charge is -2.32. The quantitative estimate of drug-likeness (QED) is 0.848. The summed E-state index contributed by atoms with van der Waals surface area (Å²) >= 11 is 0. The van der Waals surface area contributed by atoms with Gasteiger partial charge in [-0.25, -0.2) is 4.98 Å². The predicted octanol–water partition coefficient (Wildman–Crippen LogP) is 3.09. The fourth-order valence-electron chi connectivity index (χ4n) is 3.55. The van der Waals surface area contributed by atoms with E-state index in [0.717, 1.165) is 51.1 Å². The number of likely N-dealkylation sites (tertiary alicyclic amines) is 1. The molecule has 1 aliphatic heterocycles. The highest BCUT2D eigenvalue weighted by Gasteiger charge is 2.26. The van der Waals surface area contributed by atoms with E-state index in [0.29, 0.717) is 11.5 Å². The lowest BCUT2D eigenvalue weighted by atomic mass is 9.94. The number of aryl methyl sites for hydroxylation is 1. The molecular weight excluding hydrogens is 300 g/mol. The van der Waals surface area contributed by atoms with E-state index in [-0.39, 0.29) is 5.91 Å². The molecule has 0 aromatic carbocycles. The molecule has 0 N–H and O–H groups in total. The molecule has 1 aliphatic rings. The normalized spacial score (nSPS) is 17.9. The Balaban J connectivity index is 1.67. The van der Waals surface area contributed by atoms with E-state index in [1.807, 2.05) is 23.2 Å². The second-order valence-corrected chi connectivity index (χ2v) is 6.67. The van der Waals surface area contributed by atoms with Crippen LogP contribution < -0.4 is 0 Å². The molecular formula is C19H26N4O. The maximum absolute atomic E-state index is 12.6. The zero-order chi connectivity index (χ0) is 16.9. The van der Waals surface area contributed by atoms with Gasteiger partial charge in [0.15, 0.2) is 0 Å². The minimum Gasteiger partial charge on any atom is -0.338 e. The smallest absolute Gasteiger partial charge is 0.255 e. The van der Waals surface area contributed by atoms with E-state index in [1.165, 1.54) is 5.69 Å². The van der Waals surface area contributed by atoms with Crippen LogP contribution in [0.4, 0.5) is 0 Å². The summed E-state index contributed by atoms with van der Waals surface area (Å²) in [5.41, 5.74) is 1.91. The Morgan fingerprint density at radius 1 is 1.38 bits per heavy atom. The Morgan fingerprint density at radius 3 is 3.00 bits per heavy atom. The van der Waals surface area contributed by atoms with E-state index in [4.69, 9.17) is 0 Å². The summed E-state index contributed by atoms with van der Waals surface area (Å²) in [7, 11) is 0. The summed E-state index contributed by atoms with van der Waals surface area (Å²) < 4.78 is 2.32. The molecule has 5 nitrogen and oxygen atoms in total. The van der Waals surface area contributed by atoms with Crippen LogP contribution in [0.1, 0.15) is 48.1 Å². The Bertz CT molecular complexity index is 680. The second kappa shape index (κ2) is 7.60. The zero-order valence-corrected chi connectivity index (χ0v) is 14.6. The molecule has 1 saturated heterocycles. The number of aromatic nitrogens is 3. The van der Waals surface area contributed by atoms with Crippen LogP contribution in [-0.4, -0.2) is 38.4 Å². The molecule has 1 amide bonds. The lowest BCUT2D eigenvalue weighted by molar-refractivity contribution is 0.0671. The topological polar surface area (TPSA) is 51.0 Å². The van der Waals surface area contributed by atoms with Gasteiger partial charge in [0.2, 0.25) is 0 Å². The average Bonchev–Trinajstić information content (AvgIpc) is 2.96. The minimum atomic E-state index is 0.0980. The number of piperidine rings is 1. The monoisotopic (exact) mass is 326 g/mol. The predicted molar refractivity (Wildman–Crippen MR) is 93.8 cm³/mol. The van der Waals surface area contributed by atoms with Gasteiger partial charge < -0.3 is 9.47 Å². The van der Waals surface area contributed by atoms with Gasteiger partial charge in [0, 0.05) is 50.3 Å². The van der Waals surface area contributed by atoms with Gasteiger partial charge in [-0.1, -0.05) is 6.92 Å². The third-order valence-corrected chi connectivity index (χ3v) is 4.77. The van der Waals surface area contributed by atoms with Crippen molar-refractivity contribution in [1.29, 1.82) is 0 Å². The molecule has 0 aliphatic carbocycles. The van der Waals surface area contributed by atoms with Crippen molar-refractivity contribution in [2.45, 2.75) is 46.1 Å². The van der Waals surface area contributed by atoms with E-state index in [2.05, 4.69) is 28.4 Å². The molecule has 3 heterocycles. The van der Waals surface area contributed by atoms with Crippen LogP contribution in [0, 0.1) is 12.8 Å². The first-order chi connectivity index (χ1) is 11.7. The number of imidazole rings is 1. The van der Waals surface area contributed by atoms with E-state index < -0.39 is 0 Å². The highest BCUT2D eigenvalue weighted by atomic mass is 16.2. The number of hydrogen-bond donors (Lipinski definition) is 0. The van der Waals surface area contributed by atoms with Gasteiger partial charge in [-0.3, -0.25) is 9.78 Å². The molecule has 3 rings (SSSR count). The van der Waals surface area contributed by atoms with E-state index >= 15 is 0 Å². The SMILES string of the molecule is CCCn1c(C)cnc1CC1CCCN(C(=O)c2cccnc2)C1. The lowest BCUT2D eigenvalue weighted by Crippen LogP contribution is -2.40. The van der Waals surface area contributed by atoms with Crippen molar-refractivity contribution in [1.82, 2.24) is 19.4 Å². The minimum absolute atomic E-state index is 0.0980. The number of pyridine rings is 1. The molecule has 2 aromatic rings. The molecule has 1 unspecified atom stereocenters. The summed E-state index contributed by atoms with van der Waals surface area (Å²) in [6.07, 6.45) is 9.60. The first-order valence-electron chi connectivity index (χ1n) is 8.89. The van der Waals surface area contributed by atoms with Gasteiger partial charge in [0.25, 0.3) is 5.91 Å². The third kappa shape index (κ3) is 3.66.